The molecule has 1 heteroatoms. The van der Waals surface area contributed by atoms with E-state index < -0.39 is 0 Å². The van der Waals surface area contributed by atoms with Crippen molar-refractivity contribution in [3.8, 4) is 0 Å². The zero-order valence-electron chi connectivity index (χ0n) is 10.00. The van der Waals surface area contributed by atoms with Gasteiger partial charge in [-0.2, -0.15) is 0 Å². The molecule has 0 aliphatic heterocycles. The largest absolute Gasteiger partial charge is 0.327 e. The minimum atomic E-state index is 0.332. The second kappa shape index (κ2) is 6.62. The smallest absolute Gasteiger partial charge is 0.00793 e. The van der Waals surface area contributed by atoms with Gasteiger partial charge in [-0.05, 0) is 25.3 Å². The lowest BCUT2D eigenvalue weighted by molar-refractivity contribution is 0.557. The Morgan fingerprint density at radius 1 is 1.27 bits per heavy atom. The van der Waals surface area contributed by atoms with Crippen LogP contribution < -0.4 is 5.73 Å². The van der Waals surface area contributed by atoms with Gasteiger partial charge < -0.3 is 5.73 Å². The van der Waals surface area contributed by atoms with Crippen molar-refractivity contribution in [3.63, 3.8) is 0 Å². The van der Waals surface area contributed by atoms with Crippen molar-refractivity contribution in [2.45, 2.75) is 52.0 Å². The van der Waals surface area contributed by atoms with E-state index in [9.17, 15) is 0 Å². The van der Waals surface area contributed by atoms with Gasteiger partial charge in [0.2, 0.25) is 0 Å². The summed E-state index contributed by atoms with van der Waals surface area (Å²) in [6, 6.07) is 8.99. The van der Waals surface area contributed by atoms with E-state index >= 15 is 0 Å². The first kappa shape index (κ1) is 12.3. The standard InChI is InChI=1S/C14H23N/c1-3-4-5-9-14(15)11-13-8-6-7-12(2)10-13/h6-8,10,14H,3-5,9,11,15H2,1-2H3. The number of rotatable bonds is 6. The third-order valence-corrected chi connectivity index (χ3v) is 2.76. The lowest BCUT2D eigenvalue weighted by Gasteiger charge is -2.11. The number of nitrogens with two attached hydrogens (primary N) is 1. The van der Waals surface area contributed by atoms with Gasteiger partial charge in [-0.1, -0.05) is 56.0 Å². The second-order valence-electron chi connectivity index (χ2n) is 4.45. The highest BCUT2D eigenvalue weighted by Gasteiger charge is 2.03. The molecule has 0 amide bonds. The van der Waals surface area contributed by atoms with Crippen molar-refractivity contribution in [2.75, 3.05) is 0 Å². The van der Waals surface area contributed by atoms with E-state index in [0.29, 0.717) is 6.04 Å². The Labute approximate surface area is 93.7 Å². The molecule has 0 aliphatic rings. The van der Waals surface area contributed by atoms with Crippen LogP contribution in [0.1, 0.15) is 43.7 Å². The van der Waals surface area contributed by atoms with E-state index in [1.807, 2.05) is 0 Å². The minimum Gasteiger partial charge on any atom is -0.327 e. The minimum absolute atomic E-state index is 0.332. The third kappa shape index (κ3) is 4.98. The van der Waals surface area contributed by atoms with Gasteiger partial charge in [0.05, 0.1) is 0 Å². The Morgan fingerprint density at radius 2 is 2.07 bits per heavy atom. The Bertz CT molecular complexity index is 280. The van der Waals surface area contributed by atoms with E-state index in [4.69, 9.17) is 5.73 Å². The zero-order valence-corrected chi connectivity index (χ0v) is 10.00. The molecule has 1 atom stereocenters. The molecule has 0 bridgehead atoms. The molecule has 15 heavy (non-hydrogen) atoms. The Kier molecular flexibility index (Phi) is 5.41. The van der Waals surface area contributed by atoms with E-state index in [0.717, 1.165) is 12.8 Å². The molecule has 0 saturated heterocycles. The van der Waals surface area contributed by atoms with Crippen LogP contribution in [-0.2, 0) is 6.42 Å². The van der Waals surface area contributed by atoms with E-state index in [2.05, 4.69) is 38.1 Å². The molecule has 0 heterocycles. The molecule has 1 aromatic carbocycles. The van der Waals surface area contributed by atoms with Crippen LogP contribution in [0.25, 0.3) is 0 Å². The molecule has 0 aromatic heterocycles. The van der Waals surface area contributed by atoms with Crippen LogP contribution in [0.2, 0.25) is 0 Å². The van der Waals surface area contributed by atoms with Crippen molar-refractivity contribution >= 4 is 0 Å². The Balaban J connectivity index is 2.34. The summed E-state index contributed by atoms with van der Waals surface area (Å²) < 4.78 is 0. The highest BCUT2D eigenvalue weighted by molar-refractivity contribution is 5.22. The average Bonchev–Trinajstić information content (AvgIpc) is 2.18. The van der Waals surface area contributed by atoms with Crippen LogP contribution in [0, 0.1) is 6.92 Å². The first-order valence-electron chi connectivity index (χ1n) is 6.03. The van der Waals surface area contributed by atoms with Gasteiger partial charge in [-0.15, -0.1) is 0 Å². The van der Waals surface area contributed by atoms with Gasteiger partial charge in [-0.25, -0.2) is 0 Å². The van der Waals surface area contributed by atoms with E-state index in [1.54, 1.807) is 0 Å². The summed E-state index contributed by atoms with van der Waals surface area (Å²) in [7, 11) is 0. The van der Waals surface area contributed by atoms with Crippen molar-refractivity contribution in [1.29, 1.82) is 0 Å². The molecule has 0 fully saturated rings. The van der Waals surface area contributed by atoms with Crippen molar-refractivity contribution in [2.24, 2.45) is 5.73 Å². The summed E-state index contributed by atoms with van der Waals surface area (Å²) >= 11 is 0. The predicted octanol–water partition coefficient (Wildman–Crippen LogP) is 3.45. The fraction of sp³-hybridized carbons (Fsp3) is 0.571. The van der Waals surface area contributed by atoms with Gasteiger partial charge in [0.15, 0.2) is 0 Å². The second-order valence-corrected chi connectivity index (χ2v) is 4.45. The van der Waals surface area contributed by atoms with Gasteiger partial charge in [0.1, 0.15) is 0 Å². The normalized spacial score (nSPS) is 12.7. The van der Waals surface area contributed by atoms with Gasteiger partial charge in [-0.3, -0.25) is 0 Å². The number of hydrogen-bond donors (Lipinski definition) is 1. The number of unbranched alkanes of at least 4 members (excludes halogenated alkanes) is 2. The number of aryl methyl sites for hydroxylation is 1. The van der Waals surface area contributed by atoms with Crippen LogP contribution in [0.5, 0.6) is 0 Å². The molecule has 84 valence electrons. The lowest BCUT2D eigenvalue weighted by atomic mass is 10.0. The summed E-state index contributed by atoms with van der Waals surface area (Å²) in [6.45, 7) is 4.36. The highest BCUT2D eigenvalue weighted by Crippen LogP contribution is 2.09. The van der Waals surface area contributed by atoms with Crippen LogP contribution in [0.3, 0.4) is 0 Å². The zero-order chi connectivity index (χ0) is 11.1. The van der Waals surface area contributed by atoms with Crippen LogP contribution in [0.15, 0.2) is 24.3 Å². The molecule has 1 aromatic rings. The number of benzene rings is 1. The first-order valence-corrected chi connectivity index (χ1v) is 6.03. The van der Waals surface area contributed by atoms with Crippen LogP contribution >= 0.6 is 0 Å². The monoisotopic (exact) mass is 205 g/mol. The maximum Gasteiger partial charge on any atom is 0.00793 e. The van der Waals surface area contributed by atoms with Gasteiger partial charge in [0, 0.05) is 6.04 Å². The molecule has 0 radical (unpaired) electrons. The van der Waals surface area contributed by atoms with Gasteiger partial charge >= 0.3 is 0 Å². The molecule has 1 nitrogen and oxygen atoms in total. The predicted molar refractivity (Wildman–Crippen MR) is 67.0 cm³/mol. The topological polar surface area (TPSA) is 26.0 Å². The Morgan fingerprint density at radius 3 is 2.73 bits per heavy atom. The summed E-state index contributed by atoms with van der Waals surface area (Å²) in [5.41, 5.74) is 8.80. The molecular formula is C14H23N. The fourth-order valence-electron chi connectivity index (χ4n) is 1.90. The SMILES string of the molecule is CCCCCC(N)Cc1cccc(C)c1. The quantitative estimate of drug-likeness (QED) is 0.707. The fourth-order valence-corrected chi connectivity index (χ4v) is 1.90. The molecule has 0 spiro atoms. The summed E-state index contributed by atoms with van der Waals surface area (Å²) in [6.07, 6.45) is 6.02. The summed E-state index contributed by atoms with van der Waals surface area (Å²) in [4.78, 5) is 0. The van der Waals surface area contributed by atoms with Crippen LogP contribution in [-0.4, -0.2) is 6.04 Å². The first-order chi connectivity index (χ1) is 7.22. The van der Waals surface area contributed by atoms with E-state index in [-0.39, 0.29) is 0 Å². The third-order valence-electron chi connectivity index (χ3n) is 2.76. The number of hydrogen-bond acceptors (Lipinski definition) is 1. The van der Waals surface area contributed by atoms with Crippen molar-refractivity contribution in [1.82, 2.24) is 0 Å². The molecule has 0 saturated carbocycles. The molecule has 1 rings (SSSR count). The Hall–Kier alpha value is -0.820. The molecule has 0 aliphatic carbocycles. The molecule has 1 unspecified atom stereocenters. The summed E-state index contributed by atoms with van der Waals surface area (Å²) in [5.74, 6) is 0. The van der Waals surface area contributed by atoms with Crippen LogP contribution in [0.4, 0.5) is 0 Å². The molecule has 2 N–H and O–H groups in total. The maximum absolute atomic E-state index is 6.10. The highest BCUT2D eigenvalue weighted by atomic mass is 14.6. The molecular weight excluding hydrogens is 182 g/mol. The lowest BCUT2D eigenvalue weighted by Crippen LogP contribution is -2.22. The van der Waals surface area contributed by atoms with Gasteiger partial charge in [0.25, 0.3) is 0 Å². The van der Waals surface area contributed by atoms with Crippen molar-refractivity contribution in [3.05, 3.63) is 35.4 Å². The average molecular weight is 205 g/mol. The maximum atomic E-state index is 6.10. The summed E-state index contributed by atoms with van der Waals surface area (Å²) in [5, 5.41) is 0. The van der Waals surface area contributed by atoms with E-state index in [1.165, 1.54) is 30.4 Å². The van der Waals surface area contributed by atoms with Crippen molar-refractivity contribution < 1.29 is 0 Å².